The van der Waals surface area contributed by atoms with E-state index in [0.29, 0.717) is 37.7 Å². The molecule has 7 nitrogen and oxygen atoms in total. The van der Waals surface area contributed by atoms with Crippen LogP contribution in [0.5, 0.6) is 5.75 Å². The summed E-state index contributed by atoms with van der Waals surface area (Å²) in [5.41, 5.74) is 1.73. The van der Waals surface area contributed by atoms with Crippen LogP contribution in [0.15, 0.2) is 48.5 Å². The number of likely N-dealkylation sites (tertiary alicyclic amines) is 1. The smallest absolute Gasteiger partial charge is 0.321 e. The average molecular weight is 471 g/mol. The van der Waals surface area contributed by atoms with Crippen molar-refractivity contribution in [2.24, 2.45) is 0 Å². The van der Waals surface area contributed by atoms with Gasteiger partial charge in [0.25, 0.3) is 5.91 Å². The van der Waals surface area contributed by atoms with E-state index in [9.17, 15) is 9.59 Å². The summed E-state index contributed by atoms with van der Waals surface area (Å²) in [6.45, 7) is 3.55. The van der Waals surface area contributed by atoms with Crippen molar-refractivity contribution in [3.8, 4) is 5.75 Å². The van der Waals surface area contributed by atoms with Crippen LogP contribution in [0.25, 0.3) is 0 Å². The molecule has 166 valence electrons. The quantitative estimate of drug-likeness (QED) is 0.493. The molecule has 1 fully saturated rings. The lowest BCUT2D eigenvalue weighted by Crippen LogP contribution is -2.32. The second kappa shape index (κ2) is 10.0. The molecule has 32 heavy (non-hydrogen) atoms. The molecule has 2 aromatic carbocycles. The number of thiazole rings is 1. The summed E-state index contributed by atoms with van der Waals surface area (Å²) in [6.07, 6.45) is 2.03. The number of rotatable bonds is 6. The van der Waals surface area contributed by atoms with Gasteiger partial charge in [0.05, 0.1) is 17.1 Å². The van der Waals surface area contributed by atoms with E-state index in [2.05, 4.69) is 15.6 Å². The summed E-state index contributed by atoms with van der Waals surface area (Å²) < 4.78 is 5.73. The number of aromatic nitrogens is 1. The van der Waals surface area contributed by atoms with Gasteiger partial charge in [-0.2, -0.15) is 0 Å². The van der Waals surface area contributed by atoms with E-state index in [-0.39, 0.29) is 18.5 Å². The van der Waals surface area contributed by atoms with Crippen molar-refractivity contribution in [3.63, 3.8) is 0 Å². The Balaban J connectivity index is 1.41. The zero-order valence-electron chi connectivity index (χ0n) is 17.6. The van der Waals surface area contributed by atoms with Crippen LogP contribution < -0.4 is 15.4 Å². The standard InChI is InChI=1S/C23H23ClN4O3S/c1-15-21(32-20(25-15)14-31-17-10-8-16(24)9-11-17)22(29)26-18-6-2-3-7-19(18)27-23(30)28-12-4-5-13-28/h2-3,6-11H,4-5,12-14H2,1H3,(H,26,29)(H,27,30). The summed E-state index contributed by atoms with van der Waals surface area (Å²) in [4.78, 5) is 32.1. The number of halogens is 1. The number of hydrogen-bond donors (Lipinski definition) is 2. The Morgan fingerprint density at radius 2 is 1.72 bits per heavy atom. The lowest BCUT2D eigenvalue weighted by atomic mass is 10.2. The van der Waals surface area contributed by atoms with Gasteiger partial charge in [0.15, 0.2) is 0 Å². The molecule has 1 aliphatic rings. The number of nitrogens with zero attached hydrogens (tertiary/aromatic N) is 2. The first-order chi connectivity index (χ1) is 15.5. The molecule has 0 spiro atoms. The largest absolute Gasteiger partial charge is 0.486 e. The Hall–Kier alpha value is -3.10. The fraction of sp³-hybridized carbons (Fsp3) is 0.261. The molecule has 4 rings (SSSR count). The highest BCUT2D eigenvalue weighted by Gasteiger charge is 2.20. The Kier molecular flexibility index (Phi) is 6.92. The molecule has 0 bridgehead atoms. The van der Waals surface area contributed by atoms with E-state index in [1.807, 2.05) is 12.1 Å². The Morgan fingerprint density at radius 1 is 1.06 bits per heavy atom. The topological polar surface area (TPSA) is 83.6 Å². The number of carbonyl (C=O) groups excluding carboxylic acids is 2. The molecule has 0 unspecified atom stereocenters. The summed E-state index contributed by atoms with van der Waals surface area (Å²) >= 11 is 7.17. The van der Waals surface area contributed by atoms with Crippen molar-refractivity contribution in [2.75, 3.05) is 23.7 Å². The Labute approximate surface area is 195 Å². The minimum atomic E-state index is -0.277. The molecule has 0 atom stereocenters. The van der Waals surface area contributed by atoms with Gasteiger partial charge in [-0.05, 0) is 56.2 Å². The second-order valence-corrected chi connectivity index (χ2v) is 8.91. The molecule has 1 aliphatic heterocycles. The fourth-order valence-electron chi connectivity index (χ4n) is 3.40. The Morgan fingerprint density at radius 3 is 2.41 bits per heavy atom. The second-order valence-electron chi connectivity index (χ2n) is 7.39. The number of anilines is 2. The third-order valence-corrected chi connectivity index (χ3v) is 6.41. The average Bonchev–Trinajstić information content (AvgIpc) is 3.45. The van der Waals surface area contributed by atoms with Crippen LogP contribution in [0.2, 0.25) is 5.02 Å². The van der Waals surface area contributed by atoms with E-state index >= 15 is 0 Å². The van der Waals surface area contributed by atoms with Gasteiger partial charge in [0.1, 0.15) is 22.2 Å². The van der Waals surface area contributed by atoms with Crippen LogP contribution in [-0.4, -0.2) is 34.9 Å². The minimum absolute atomic E-state index is 0.153. The van der Waals surface area contributed by atoms with E-state index < -0.39 is 0 Å². The van der Waals surface area contributed by atoms with Crippen molar-refractivity contribution in [1.82, 2.24) is 9.88 Å². The highest BCUT2D eigenvalue weighted by Crippen LogP contribution is 2.26. The zero-order chi connectivity index (χ0) is 22.5. The summed E-state index contributed by atoms with van der Waals surface area (Å²) in [5, 5.41) is 7.13. The van der Waals surface area contributed by atoms with Crippen molar-refractivity contribution in [2.45, 2.75) is 26.4 Å². The normalized spacial score (nSPS) is 13.1. The molecule has 2 heterocycles. The Bertz CT molecular complexity index is 1110. The lowest BCUT2D eigenvalue weighted by Gasteiger charge is -2.18. The van der Waals surface area contributed by atoms with E-state index in [1.54, 1.807) is 48.2 Å². The monoisotopic (exact) mass is 470 g/mol. The predicted octanol–water partition coefficient (Wildman–Crippen LogP) is 5.56. The lowest BCUT2D eigenvalue weighted by molar-refractivity contribution is 0.102. The van der Waals surface area contributed by atoms with Gasteiger partial charge in [0, 0.05) is 18.1 Å². The predicted molar refractivity (Wildman–Crippen MR) is 127 cm³/mol. The molecule has 0 saturated carbocycles. The molecular weight excluding hydrogens is 448 g/mol. The van der Waals surface area contributed by atoms with Gasteiger partial charge < -0.3 is 20.3 Å². The maximum atomic E-state index is 12.9. The minimum Gasteiger partial charge on any atom is -0.486 e. The van der Waals surface area contributed by atoms with Crippen LogP contribution in [0.3, 0.4) is 0 Å². The fourth-order valence-corrected chi connectivity index (χ4v) is 4.39. The molecule has 1 aromatic heterocycles. The third-order valence-electron chi connectivity index (χ3n) is 5.03. The number of carbonyl (C=O) groups is 2. The van der Waals surface area contributed by atoms with Gasteiger partial charge >= 0.3 is 6.03 Å². The number of para-hydroxylation sites is 2. The molecule has 0 radical (unpaired) electrons. The van der Waals surface area contributed by atoms with Crippen LogP contribution >= 0.6 is 22.9 Å². The number of urea groups is 1. The van der Waals surface area contributed by atoms with Crippen LogP contribution in [-0.2, 0) is 6.61 Å². The first kappa shape index (κ1) is 22.1. The molecule has 3 aromatic rings. The summed E-state index contributed by atoms with van der Waals surface area (Å²) in [6, 6.07) is 14.1. The van der Waals surface area contributed by atoms with Gasteiger partial charge in [-0.25, -0.2) is 9.78 Å². The van der Waals surface area contributed by atoms with Crippen molar-refractivity contribution in [3.05, 3.63) is 69.1 Å². The first-order valence-corrected chi connectivity index (χ1v) is 11.5. The highest BCUT2D eigenvalue weighted by atomic mass is 35.5. The van der Waals surface area contributed by atoms with Crippen molar-refractivity contribution >= 4 is 46.3 Å². The number of ether oxygens (including phenoxy) is 1. The number of benzene rings is 2. The number of aryl methyl sites for hydroxylation is 1. The van der Waals surface area contributed by atoms with Crippen LogP contribution in [0.1, 0.15) is 33.2 Å². The van der Waals surface area contributed by atoms with E-state index in [1.165, 1.54) is 11.3 Å². The van der Waals surface area contributed by atoms with Gasteiger partial charge in [-0.1, -0.05) is 23.7 Å². The number of amides is 3. The van der Waals surface area contributed by atoms with Gasteiger partial charge in [0.2, 0.25) is 0 Å². The van der Waals surface area contributed by atoms with Crippen LogP contribution in [0.4, 0.5) is 16.2 Å². The zero-order valence-corrected chi connectivity index (χ0v) is 19.1. The molecule has 3 amide bonds. The van der Waals surface area contributed by atoms with Crippen molar-refractivity contribution in [1.29, 1.82) is 0 Å². The first-order valence-electron chi connectivity index (χ1n) is 10.3. The highest BCUT2D eigenvalue weighted by molar-refractivity contribution is 7.13. The maximum Gasteiger partial charge on any atom is 0.321 e. The molecular formula is C23H23ClN4O3S. The van der Waals surface area contributed by atoms with Crippen LogP contribution in [0, 0.1) is 6.92 Å². The van der Waals surface area contributed by atoms with Gasteiger partial charge in [-0.3, -0.25) is 4.79 Å². The maximum absolute atomic E-state index is 12.9. The van der Waals surface area contributed by atoms with Gasteiger partial charge in [-0.15, -0.1) is 11.3 Å². The number of nitrogens with one attached hydrogen (secondary N) is 2. The number of hydrogen-bond acceptors (Lipinski definition) is 5. The SMILES string of the molecule is Cc1nc(COc2ccc(Cl)cc2)sc1C(=O)Nc1ccccc1NC(=O)N1CCCC1. The molecule has 9 heteroatoms. The molecule has 2 N–H and O–H groups in total. The van der Waals surface area contributed by atoms with E-state index in [0.717, 1.165) is 25.9 Å². The summed E-state index contributed by atoms with van der Waals surface area (Å²) in [5.74, 6) is 0.400. The van der Waals surface area contributed by atoms with Crippen molar-refractivity contribution < 1.29 is 14.3 Å². The summed E-state index contributed by atoms with van der Waals surface area (Å²) in [7, 11) is 0. The molecule has 1 saturated heterocycles. The molecule has 0 aliphatic carbocycles. The third kappa shape index (κ3) is 5.38. The van der Waals surface area contributed by atoms with E-state index in [4.69, 9.17) is 16.3 Å².